The number of hydrogen-bond acceptors (Lipinski definition) is 5. The van der Waals surface area contributed by atoms with Crippen LogP contribution >= 0.6 is 0 Å². The molecule has 0 aliphatic carbocycles. The van der Waals surface area contributed by atoms with Crippen molar-refractivity contribution in [1.82, 2.24) is 10.3 Å². The summed E-state index contributed by atoms with van der Waals surface area (Å²) >= 11 is 0. The van der Waals surface area contributed by atoms with Gasteiger partial charge in [0.25, 0.3) is 0 Å². The average molecular weight is 529 g/mol. The molecule has 2 N–H and O–H groups in total. The first-order valence-electron chi connectivity index (χ1n) is 12.8. The normalized spacial score (nSPS) is 17.3. The Balaban J connectivity index is 1.63. The molecule has 1 aliphatic heterocycles. The van der Waals surface area contributed by atoms with Gasteiger partial charge in [-0.1, -0.05) is 37.3 Å². The highest BCUT2D eigenvalue weighted by Crippen LogP contribution is 2.44. The third-order valence-corrected chi connectivity index (χ3v) is 7.56. The summed E-state index contributed by atoms with van der Waals surface area (Å²) < 4.78 is 25.0. The molecule has 1 aliphatic rings. The van der Waals surface area contributed by atoms with Crippen molar-refractivity contribution in [3.63, 3.8) is 0 Å². The lowest BCUT2D eigenvalue weighted by molar-refractivity contribution is 0.196. The Morgan fingerprint density at radius 2 is 1.85 bits per heavy atom. The fraction of sp³-hybridized carbons (Fsp3) is 0.258. The van der Waals surface area contributed by atoms with Crippen LogP contribution in [0.4, 0.5) is 14.9 Å². The molecule has 201 valence electrons. The number of rotatable bonds is 8. The first kappa shape index (κ1) is 26.4. The molecule has 0 bridgehead atoms. The average Bonchev–Trinajstić information content (AvgIpc) is 2.96. The molecule has 5 rings (SSSR count). The van der Waals surface area contributed by atoms with Crippen LogP contribution in [0.2, 0.25) is 0 Å². The highest BCUT2D eigenvalue weighted by atomic mass is 19.1. The molecule has 4 aromatic rings. The largest absolute Gasteiger partial charge is 0.493 e. The summed E-state index contributed by atoms with van der Waals surface area (Å²) in [5.41, 5.74) is 3.51. The molecule has 8 heteroatoms. The molecule has 39 heavy (non-hydrogen) atoms. The van der Waals surface area contributed by atoms with Gasteiger partial charge in [-0.05, 0) is 65.9 Å². The van der Waals surface area contributed by atoms with Gasteiger partial charge in [0.1, 0.15) is 5.82 Å². The zero-order valence-electron chi connectivity index (χ0n) is 22.1. The summed E-state index contributed by atoms with van der Waals surface area (Å²) in [6.07, 6.45) is 1.79. The second kappa shape index (κ2) is 10.9. The first-order chi connectivity index (χ1) is 18.9. The maximum absolute atomic E-state index is 13.8. The highest BCUT2D eigenvalue weighted by molar-refractivity contribution is 6.00. The van der Waals surface area contributed by atoms with E-state index in [0.29, 0.717) is 35.7 Å². The Morgan fingerprint density at radius 1 is 1.13 bits per heavy atom. The fourth-order valence-corrected chi connectivity index (χ4v) is 5.60. The lowest BCUT2D eigenvalue weighted by Gasteiger charge is -2.46. The number of ether oxygens (including phenoxy) is 2. The predicted octanol–water partition coefficient (Wildman–Crippen LogP) is 5.96. The van der Waals surface area contributed by atoms with Gasteiger partial charge in [0.2, 0.25) is 0 Å². The molecule has 2 atom stereocenters. The summed E-state index contributed by atoms with van der Waals surface area (Å²) in [5.74, 6) is 0.590. The van der Waals surface area contributed by atoms with Crippen LogP contribution in [0.15, 0.2) is 72.9 Å². The van der Waals surface area contributed by atoms with Gasteiger partial charge in [0.05, 0.1) is 37.5 Å². The zero-order valence-corrected chi connectivity index (χ0v) is 22.1. The maximum Gasteiger partial charge on any atom is 0.412 e. The SMILES string of the molecule is COc1cc2c(cc1OC)C(Cc1ccc(F)cc1)(C(C)[CH]N(C(=O)O)c1ccnc3ccccc13)NCC2. The minimum atomic E-state index is -1.10. The van der Waals surface area contributed by atoms with E-state index in [2.05, 4.69) is 10.3 Å². The first-order valence-corrected chi connectivity index (χ1v) is 12.8. The molecule has 0 fully saturated rings. The van der Waals surface area contributed by atoms with E-state index in [4.69, 9.17) is 9.47 Å². The number of benzene rings is 3. The predicted molar refractivity (Wildman–Crippen MR) is 149 cm³/mol. The van der Waals surface area contributed by atoms with E-state index >= 15 is 0 Å². The Morgan fingerprint density at radius 3 is 2.56 bits per heavy atom. The van der Waals surface area contributed by atoms with Crippen molar-refractivity contribution in [2.45, 2.75) is 25.3 Å². The smallest absolute Gasteiger partial charge is 0.412 e. The number of carboxylic acid groups (broad SMARTS) is 1. The van der Waals surface area contributed by atoms with Crippen molar-refractivity contribution in [1.29, 1.82) is 0 Å². The van der Waals surface area contributed by atoms with Crippen molar-refractivity contribution in [2.24, 2.45) is 5.92 Å². The van der Waals surface area contributed by atoms with E-state index in [-0.39, 0.29) is 11.7 Å². The van der Waals surface area contributed by atoms with Crippen molar-refractivity contribution in [2.75, 3.05) is 25.7 Å². The number of methoxy groups -OCH3 is 2. The van der Waals surface area contributed by atoms with Crippen LogP contribution in [0.3, 0.4) is 0 Å². The molecule has 0 saturated carbocycles. The number of amides is 1. The summed E-state index contributed by atoms with van der Waals surface area (Å²) in [7, 11) is 3.20. The van der Waals surface area contributed by atoms with Gasteiger partial charge in [-0.25, -0.2) is 9.18 Å². The molecular formula is C31H31FN3O4. The van der Waals surface area contributed by atoms with Gasteiger partial charge in [-0.2, -0.15) is 0 Å². The van der Waals surface area contributed by atoms with Gasteiger partial charge >= 0.3 is 6.09 Å². The van der Waals surface area contributed by atoms with Gasteiger partial charge in [0, 0.05) is 24.0 Å². The lowest BCUT2D eigenvalue weighted by Crippen LogP contribution is -2.55. The number of halogens is 1. The number of aromatic nitrogens is 1. The summed E-state index contributed by atoms with van der Waals surface area (Å²) in [6.45, 7) is 4.42. The molecule has 0 saturated heterocycles. The molecule has 2 heterocycles. The van der Waals surface area contributed by atoms with Crippen molar-refractivity contribution >= 4 is 22.7 Å². The van der Waals surface area contributed by atoms with Crippen LogP contribution in [-0.4, -0.2) is 36.9 Å². The monoisotopic (exact) mass is 528 g/mol. The number of pyridine rings is 1. The molecule has 0 spiro atoms. The topological polar surface area (TPSA) is 83.9 Å². The number of para-hydroxylation sites is 1. The fourth-order valence-electron chi connectivity index (χ4n) is 5.60. The minimum absolute atomic E-state index is 0.308. The number of nitrogens with zero attached hydrogens (tertiary/aromatic N) is 2. The molecule has 1 amide bonds. The Hall–Kier alpha value is -4.17. The van der Waals surface area contributed by atoms with Crippen LogP contribution in [0.5, 0.6) is 11.5 Å². The molecular weight excluding hydrogens is 497 g/mol. The number of carbonyl (C=O) groups is 1. The summed E-state index contributed by atoms with van der Waals surface area (Å²) in [6, 6.07) is 19.6. The van der Waals surface area contributed by atoms with E-state index in [1.165, 1.54) is 17.0 Å². The van der Waals surface area contributed by atoms with Crippen LogP contribution < -0.4 is 19.7 Å². The Labute approximate surface area is 227 Å². The molecule has 1 aromatic heterocycles. The zero-order chi connectivity index (χ0) is 27.6. The van der Waals surface area contributed by atoms with Crippen LogP contribution in [0, 0.1) is 18.3 Å². The summed E-state index contributed by atoms with van der Waals surface area (Å²) in [4.78, 5) is 18.3. The van der Waals surface area contributed by atoms with Gasteiger partial charge < -0.3 is 19.9 Å². The highest BCUT2D eigenvalue weighted by Gasteiger charge is 2.43. The van der Waals surface area contributed by atoms with Crippen molar-refractivity contribution in [3.05, 3.63) is 102 Å². The Bertz CT molecular complexity index is 1490. The molecule has 2 unspecified atom stereocenters. The van der Waals surface area contributed by atoms with E-state index in [0.717, 1.165) is 28.5 Å². The number of fused-ring (bicyclic) bond motifs is 2. The Kier molecular flexibility index (Phi) is 7.39. The van der Waals surface area contributed by atoms with Crippen molar-refractivity contribution < 1.29 is 23.8 Å². The van der Waals surface area contributed by atoms with Gasteiger partial charge in [-0.15, -0.1) is 0 Å². The van der Waals surface area contributed by atoms with E-state index in [1.807, 2.05) is 43.3 Å². The van der Waals surface area contributed by atoms with Gasteiger partial charge in [0.15, 0.2) is 11.5 Å². The van der Waals surface area contributed by atoms with E-state index < -0.39 is 11.6 Å². The molecule has 1 radical (unpaired) electrons. The second-order valence-corrected chi connectivity index (χ2v) is 9.75. The van der Waals surface area contributed by atoms with E-state index in [1.54, 1.807) is 45.2 Å². The third-order valence-electron chi connectivity index (χ3n) is 7.56. The number of nitrogens with one attached hydrogen (secondary N) is 1. The van der Waals surface area contributed by atoms with E-state index in [9.17, 15) is 14.3 Å². The maximum atomic E-state index is 13.8. The molecule has 7 nitrogen and oxygen atoms in total. The number of anilines is 1. The second-order valence-electron chi connectivity index (χ2n) is 9.75. The summed E-state index contributed by atoms with van der Waals surface area (Å²) in [5, 5.41) is 14.8. The molecule has 3 aromatic carbocycles. The third kappa shape index (κ3) is 5.00. The van der Waals surface area contributed by atoms with Crippen LogP contribution in [-0.2, 0) is 18.4 Å². The van der Waals surface area contributed by atoms with Crippen LogP contribution in [0.1, 0.15) is 23.6 Å². The minimum Gasteiger partial charge on any atom is -0.493 e. The van der Waals surface area contributed by atoms with Crippen LogP contribution in [0.25, 0.3) is 10.9 Å². The number of hydrogen-bond donors (Lipinski definition) is 2. The van der Waals surface area contributed by atoms with Crippen molar-refractivity contribution in [3.8, 4) is 11.5 Å². The quantitative estimate of drug-likeness (QED) is 0.294. The standard InChI is InChI=1S/C31H31FN3O4/c1-20(19-35(30(36)37)27-13-14-33-26-7-5-4-6-24(26)27)31(18-21-8-10-23(32)11-9-21)25-17-29(39-3)28(38-2)16-22(25)12-15-34-31/h4-11,13-14,16-17,19-20,34H,12,15,18H2,1-3H3,(H,36,37). The lowest BCUT2D eigenvalue weighted by atomic mass is 9.70. The van der Waals surface area contributed by atoms with Gasteiger partial charge in [-0.3, -0.25) is 9.88 Å².